The number of nitrogens with one attached hydrogen (secondary N) is 3. The summed E-state index contributed by atoms with van der Waals surface area (Å²) in [7, 11) is 3.22. The van der Waals surface area contributed by atoms with Crippen LogP contribution in [-0.4, -0.2) is 78.9 Å². The third kappa shape index (κ3) is 7.60. The van der Waals surface area contributed by atoms with Crippen molar-refractivity contribution in [1.82, 2.24) is 15.0 Å². The Kier molecular flexibility index (Phi) is 9.86. The average Bonchev–Trinajstić information content (AvgIpc) is 3.28. The fourth-order valence-corrected chi connectivity index (χ4v) is 4.84. The van der Waals surface area contributed by atoms with Gasteiger partial charge in [0.2, 0.25) is 0 Å². The molecule has 43 heavy (non-hydrogen) atoms. The Balaban J connectivity index is 1.59. The Hall–Kier alpha value is -4.65. The van der Waals surface area contributed by atoms with Crippen LogP contribution in [-0.2, 0) is 4.74 Å². The summed E-state index contributed by atoms with van der Waals surface area (Å²) in [6.45, 7) is 7.92. The van der Waals surface area contributed by atoms with Gasteiger partial charge in [0.15, 0.2) is 5.76 Å². The maximum Gasteiger partial charge on any atom is 0.323 e. The molecule has 1 aromatic heterocycles. The summed E-state index contributed by atoms with van der Waals surface area (Å²) in [5, 5.41) is 12.1. The first-order valence-corrected chi connectivity index (χ1v) is 13.9. The number of likely N-dealkylation sites (N-methyl/N-ethyl adjacent to an activating group) is 1. The van der Waals surface area contributed by atoms with Crippen LogP contribution in [0.5, 0.6) is 5.75 Å². The molecule has 0 radical (unpaired) electrons. The highest BCUT2D eigenvalue weighted by atomic mass is 19.1. The van der Waals surface area contributed by atoms with Crippen LogP contribution in [0.2, 0.25) is 0 Å². The number of benzene rings is 2. The Morgan fingerprint density at radius 2 is 1.77 bits per heavy atom. The lowest BCUT2D eigenvalue weighted by molar-refractivity contribution is 0.0174. The van der Waals surface area contributed by atoms with Crippen molar-refractivity contribution in [3.8, 4) is 5.75 Å². The molecule has 3 N–H and O–H groups in total. The van der Waals surface area contributed by atoms with Crippen LogP contribution >= 0.6 is 0 Å². The van der Waals surface area contributed by atoms with E-state index in [1.165, 1.54) is 29.2 Å². The first-order valence-electron chi connectivity index (χ1n) is 13.9. The average molecular weight is 597 g/mol. The fourth-order valence-electron chi connectivity index (χ4n) is 4.84. The van der Waals surface area contributed by atoms with E-state index in [0.717, 1.165) is 0 Å². The zero-order valence-electron chi connectivity index (χ0n) is 25.1. The molecule has 2 aromatic carbocycles. The number of carbonyl (C=O) groups is 3. The molecular weight excluding hydrogens is 559 g/mol. The Labute approximate surface area is 249 Å². The van der Waals surface area contributed by atoms with E-state index in [0.29, 0.717) is 29.4 Å². The summed E-state index contributed by atoms with van der Waals surface area (Å²) < 4.78 is 30.6. The molecule has 0 bridgehead atoms. The summed E-state index contributed by atoms with van der Waals surface area (Å²) in [6, 6.07) is 8.83. The summed E-state index contributed by atoms with van der Waals surface area (Å²) in [4.78, 5) is 42.9. The molecule has 12 nitrogen and oxygen atoms in total. The molecule has 2 heterocycles. The molecule has 0 saturated heterocycles. The Morgan fingerprint density at radius 1 is 1.05 bits per heavy atom. The lowest BCUT2D eigenvalue weighted by Crippen LogP contribution is -2.50. The number of hydrogen-bond donors (Lipinski definition) is 3. The predicted octanol–water partition coefficient (Wildman–Crippen LogP) is 5.11. The number of urea groups is 2. The topological polar surface area (TPSA) is 138 Å². The van der Waals surface area contributed by atoms with Crippen molar-refractivity contribution in [2.45, 2.75) is 39.8 Å². The van der Waals surface area contributed by atoms with Gasteiger partial charge in [-0.3, -0.25) is 4.79 Å². The van der Waals surface area contributed by atoms with Crippen molar-refractivity contribution < 1.29 is 32.8 Å². The monoisotopic (exact) mass is 596 g/mol. The van der Waals surface area contributed by atoms with Crippen LogP contribution in [0.4, 0.5) is 31.0 Å². The van der Waals surface area contributed by atoms with Crippen molar-refractivity contribution >= 4 is 35.0 Å². The van der Waals surface area contributed by atoms with E-state index in [-0.39, 0.29) is 48.0 Å². The van der Waals surface area contributed by atoms with Crippen LogP contribution < -0.4 is 20.7 Å². The van der Waals surface area contributed by atoms with Crippen molar-refractivity contribution in [3.05, 3.63) is 65.3 Å². The minimum absolute atomic E-state index is 0.0796. The lowest BCUT2D eigenvalue weighted by atomic mass is 10.0. The molecule has 0 unspecified atom stereocenters. The number of hydrogen-bond acceptors (Lipinski definition) is 7. The second-order valence-electron chi connectivity index (χ2n) is 10.7. The number of aryl methyl sites for hydroxylation is 2. The first kappa shape index (κ1) is 31.3. The van der Waals surface area contributed by atoms with E-state index >= 15 is 0 Å². The molecule has 1 aliphatic heterocycles. The van der Waals surface area contributed by atoms with E-state index < -0.39 is 24.0 Å². The minimum atomic E-state index is -0.609. The number of methoxy groups -OCH3 is 1. The molecule has 3 aromatic rings. The molecule has 3 atom stereocenters. The number of anilines is 3. The summed E-state index contributed by atoms with van der Waals surface area (Å²) >= 11 is 0. The summed E-state index contributed by atoms with van der Waals surface area (Å²) in [5.41, 5.74) is 1.90. The number of nitrogens with zero attached hydrogens (tertiary/aromatic N) is 3. The third-order valence-electron chi connectivity index (χ3n) is 7.31. The van der Waals surface area contributed by atoms with Crippen LogP contribution in [0.3, 0.4) is 0 Å². The summed E-state index contributed by atoms with van der Waals surface area (Å²) in [5.74, 6) is -0.194. The van der Waals surface area contributed by atoms with E-state index in [2.05, 4.69) is 21.1 Å². The zero-order chi connectivity index (χ0) is 31.3. The highest BCUT2D eigenvalue weighted by molar-refractivity contribution is 6.02. The molecule has 13 heteroatoms. The van der Waals surface area contributed by atoms with Gasteiger partial charge in [0.05, 0.1) is 17.7 Å². The maximum atomic E-state index is 13.6. The number of aromatic nitrogens is 1. The Bertz CT molecular complexity index is 1460. The van der Waals surface area contributed by atoms with Crippen LogP contribution in [0.25, 0.3) is 0 Å². The van der Waals surface area contributed by atoms with Crippen LogP contribution in [0.1, 0.15) is 35.7 Å². The highest BCUT2D eigenvalue weighted by Crippen LogP contribution is 2.27. The van der Waals surface area contributed by atoms with Crippen LogP contribution in [0.15, 0.2) is 47.0 Å². The van der Waals surface area contributed by atoms with Gasteiger partial charge in [-0.05, 0) is 57.2 Å². The van der Waals surface area contributed by atoms with Gasteiger partial charge in [0.1, 0.15) is 29.6 Å². The predicted molar refractivity (Wildman–Crippen MR) is 159 cm³/mol. The molecule has 0 spiro atoms. The first-order chi connectivity index (χ1) is 20.5. The number of rotatable bonds is 4. The minimum Gasteiger partial charge on any atom is -0.491 e. The normalized spacial score (nSPS) is 19.4. The molecule has 230 valence electrons. The van der Waals surface area contributed by atoms with Gasteiger partial charge in [-0.1, -0.05) is 18.1 Å². The molecule has 5 amide bonds. The van der Waals surface area contributed by atoms with Crippen molar-refractivity contribution in [2.24, 2.45) is 5.92 Å². The largest absolute Gasteiger partial charge is 0.491 e. The molecule has 0 aliphatic carbocycles. The second kappa shape index (κ2) is 13.6. The van der Waals surface area contributed by atoms with Crippen molar-refractivity contribution in [3.63, 3.8) is 0 Å². The molecule has 0 fully saturated rings. The number of ether oxygens (including phenoxy) is 2. The van der Waals surface area contributed by atoms with Gasteiger partial charge < -0.3 is 39.7 Å². The quantitative estimate of drug-likeness (QED) is 0.380. The smallest absolute Gasteiger partial charge is 0.323 e. The van der Waals surface area contributed by atoms with Gasteiger partial charge in [0.25, 0.3) is 5.91 Å². The zero-order valence-corrected chi connectivity index (χ0v) is 25.1. The summed E-state index contributed by atoms with van der Waals surface area (Å²) in [6.07, 6.45) is -0.391. The van der Waals surface area contributed by atoms with Gasteiger partial charge in [0, 0.05) is 44.5 Å². The van der Waals surface area contributed by atoms with Crippen molar-refractivity contribution in [1.29, 1.82) is 0 Å². The van der Waals surface area contributed by atoms with Gasteiger partial charge >= 0.3 is 12.1 Å². The third-order valence-corrected chi connectivity index (χ3v) is 7.31. The number of carbonyl (C=O) groups excluding carboxylic acids is 3. The highest BCUT2D eigenvalue weighted by Gasteiger charge is 2.31. The van der Waals surface area contributed by atoms with E-state index in [4.69, 9.17) is 14.0 Å². The van der Waals surface area contributed by atoms with Gasteiger partial charge in [-0.25, -0.2) is 14.0 Å². The van der Waals surface area contributed by atoms with E-state index in [9.17, 15) is 18.8 Å². The SMILES string of the molecule is CO[C@H]1CN(C)C(=O)c2cc(NC(=O)Nc3cccc(F)c3)ccc2OC[C@H](C)N(C(=O)Nc2c(C)noc2C)C[C@H]1C. The lowest BCUT2D eigenvalue weighted by Gasteiger charge is -2.36. The van der Waals surface area contributed by atoms with Crippen molar-refractivity contribution in [2.75, 3.05) is 49.8 Å². The molecule has 4 rings (SSSR count). The number of amides is 5. The fraction of sp³-hybridized carbons (Fsp3) is 0.400. The van der Waals surface area contributed by atoms with Gasteiger partial charge in [-0.15, -0.1) is 0 Å². The number of halogens is 1. The molecule has 0 saturated carbocycles. The van der Waals surface area contributed by atoms with Gasteiger partial charge in [-0.2, -0.15) is 0 Å². The molecule has 1 aliphatic rings. The maximum absolute atomic E-state index is 13.6. The standard InChI is InChI=1S/C30H37FN6O6/c1-17-14-37(30(40)34-27-19(3)35-43-20(27)4)18(2)16-42-25-11-10-23(13-24(25)28(38)36(5)15-26(17)41-6)33-29(39)32-22-9-7-8-21(31)12-22/h7-13,17-18,26H,14-16H2,1-6H3,(H,34,40)(H2,32,33,39)/t17-,18+,26+/m1/s1. The second-order valence-corrected chi connectivity index (χ2v) is 10.7. The van der Waals surface area contributed by atoms with Crippen LogP contribution in [0, 0.1) is 25.6 Å². The van der Waals surface area contributed by atoms with E-state index in [1.807, 2.05) is 13.8 Å². The van der Waals surface area contributed by atoms with E-state index in [1.54, 1.807) is 51.1 Å². The number of fused-ring (bicyclic) bond motifs is 1. The Morgan fingerprint density at radius 3 is 2.42 bits per heavy atom. The molecular formula is C30H37FN6O6.